The normalized spacial score (nSPS) is 11.1. The van der Waals surface area contributed by atoms with Crippen LogP contribution in [0.15, 0.2) is 0 Å². The Morgan fingerprint density at radius 2 is 1.44 bits per heavy atom. The van der Waals surface area contributed by atoms with E-state index in [1.165, 1.54) is 51.4 Å². The van der Waals surface area contributed by atoms with Gasteiger partial charge in [0.2, 0.25) is 0 Å². The van der Waals surface area contributed by atoms with Crippen LogP contribution in [-0.4, -0.2) is 31.5 Å². The molecule has 0 amide bonds. The molecule has 0 unspecified atom stereocenters. The molecular formula is C15H31NO2. The van der Waals surface area contributed by atoms with Crippen molar-refractivity contribution >= 4 is 5.78 Å². The standard InChI is InChI=1S/C15H31NO2/c1-4-5-6-7-8-9-10-11-12-13-15(17)14-16(2)18-3/h4-14H2,1-3H3. The van der Waals surface area contributed by atoms with Crippen molar-refractivity contribution in [3.8, 4) is 0 Å². The molecule has 0 aromatic heterocycles. The second-order valence-corrected chi connectivity index (χ2v) is 5.09. The molecule has 3 nitrogen and oxygen atoms in total. The van der Waals surface area contributed by atoms with Crippen molar-refractivity contribution in [1.82, 2.24) is 5.06 Å². The predicted molar refractivity (Wildman–Crippen MR) is 76.5 cm³/mol. The number of likely N-dealkylation sites (N-methyl/N-ethyl adjacent to an activating group) is 1. The molecule has 108 valence electrons. The lowest BCUT2D eigenvalue weighted by atomic mass is 10.1. The van der Waals surface area contributed by atoms with E-state index in [1.54, 1.807) is 19.2 Å². The first-order valence-corrected chi connectivity index (χ1v) is 7.47. The van der Waals surface area contributed by atoms with E-state index in [2.05, 4.69) is 6.92 Å². The van der Waals surface area contributed by atoms with Crippen LogP contribution in [0.2, 0.25) is 0 Å². The minimum Gasteiger partial charge on any atom is -0.302 e. The number of rotatable bonds is 13. The number of hydroxylamine groups is 2. The first-order valence-electron chi connectivity index (χ1n) is 7.47. The fraction of sp³-hybridized carbons (Fsp3) is 0.933. The van der Waals surface area contributed by atoms with Gasteiger partial charge in [-0.2, -0.15) is 5.06 Å². The van der Waals surface area contributed by atoms with E-state index in [0.29, 0.717) is 13.0 Å². The van der Waals surface area contributed by atoms with Crippen LogP contribution in [0.1, 0.15) is 71.1 Å². The summed E-state index contributed by atoms with van der Waals surface area (Å²) >= 11 is 0. The molecule has 0 rings (SSSR count). The van der Waals surface area contributed by atoms with Crippen LogP contribution in [0.3, 0.4) is 0 Å². The van der Waals surface area contributed by atoms with Gasteiger partial charge in [-0.1, -0.05) is 58.3 Å². The van der Waals surface area contributed by atoms with Gasteiger partial charge in [0.05, 0.1) is 13.7 Å². The highest BCUT2D eigenvalue weighted by atomic mass is 16.7. The maximum atomic E-state index is 11.5. The van der Waals surface area contributed by atoms with E-state index in [0.717, 1.165) is 6.42 Å². The van der Waals surface area contributed by atoms with Crippen molar-refractivity contribution in [2.75, 3.05) is 20.7 Å². The van der Waals surface area contributed by atoms with Gasteiger partial charge < -0.3 is 4.84 Å². The van der Waals surface area contributed by atoms with Crippen LogP contribution in [0.4, 0.5) is 0 Å². The third kappa shape index (κ3) is 12.1. The first-order chi connectivity index (χ1) is 8.70. The van der Waals surface area contributed by atoms with Crippen LogP contribution < -0.4 is 0 Å². The Balaban J connectivity index is 3.17. The predicted octanol–water partition coefficient (Wildman–Crippen LogP) is 3.97. The second kappa shape index (κ2) is 13.0. The van der Waals surface area contributed by atoms with Gasteiger partial charge in [0, 0.05) is 13.5 Å². The molecule has 18 heavy (non-hydrogen) atoms. The molecule has 0 saturated carbocycles. The Hall–Kier alpha value is -0.410. The van der Waals surface area contributed by atoms with Crippen LogP contribution in [-0.2, 0) is 9.63 Å². The monoisotopic (exact) mass is 257 g/mol. The van der Waals surface area contributed by atoms with Gasteiger partial charge in [0.15, 0.2) is 0 Å². The van der Waals surface area contributed by atoms with Gasteiger partial charge in [-0.25, -0.2) is 0 Å². The molecule has 0 fully saturated rings. The Bertz CT molecular complexity index is 195. The van der Waals surface area contributed by atoms with Crippen LogP contribution in [0, 0.1) is 0 Å². The number of Topliss-reactive ketones (excluding diaryl/α,β-unsaturated/α-hetero) is 1. The summed E-state index contributed by atoms with van der Waals surface area (Å²) in [6, 6.07) is 0. The molecule has 0 radical (unpaired) electrons. The molecule has 3 heteroatoms. The zero-order valence-corrected chi connectivity index (χ0v) is 12.5. The number of hydrogen-bond donors (Lipinski definition) is 0. The fourth-order valence-corrected chi connectivity index (χ4v) is 2.02. The van der Waals surface area contributed by atoms with E-state index in [-0.39, 0.29) is 5.78 Å². The van der Waals surface area contributed by atoms with E-state index in [4.69, 9.17) is 4.84 Å². The van der Waals surface area contributed by atoms with Gasteiger partial charge in [-0.15, -0.1) is 0 Å². The minimum absolute atomic E-state index is 0.280. The fourth-order valence-electron chi connectivity index (χ4n) is 2.02. The van der Waals surface area contributed by atoms with Crippen LogP contribution in [0.5, 0.6) is 0 Å². The third-order valence-electron chi connectivity index (χ3n) is 3.27. The topological polar surface area (TPSA) is 29.5 Å². The molecule has 0 aromatic carbocycles. The Kier molecular flexibility index (Phi) is 12.7. The van der Waals surface area contributed by atoms with Crippen molar-refractivity contribution in [2.45, 2.75) is 71.1 Å². The van der Waals surface area contributed by atoms with Gasteiger partial charge in [-0.05, 0) is 6.42 Å². The van der Waals surface area contributed by atoms with Crippen molar-refractivity contribution in [3.63, 3.8) is 0 Å². The summed E-state index contributed by atoms with van der Waals surface area (Å²) in [5.41, 5.74) is 0. The molecule has 0 aliphatic rings. The van der Waals surface area contributed by atoms with E-state index < -0.39 is 0 Å². The minimum atomic E-state index is 0.280. The maximum Gasteiger partial charge on any atom is 0.149 e. The van der Waals surface area contributed by atoms with E-state index >= 15 is 0 Å². The molecule has 0 bridgehead atoms. The van der Waals surface area contributed by atoms with Gasteiger partial charge >= 0.3 is 0 Å². The number of ketones is 1. The second-order valence-electron chi connectivity index (χ2n) is 5.09. The molecule has 0 heterocycles. The van der Waals surface area contributed by atoms with Gasteiger partial charge in [0.1, 0.15) is 5.78 Å². The molecule has 0 aliphatic carbocycles. The zero-order valence-electron chi connectivity index (χ0n) is 12.5. The quantitative estimate of drug-likeness (QED) is 0.369. The Labute approximate surface area is 113 Å². The highest BCUT2D eigenvalue weighted by Gasteiger charge is 2.05. The van der Waals surface area contributed by atoms with Crippen molar-refractivity contribution < 1.29 is 9.63 Å². The van der Waals surface area contributed by atoms with Gasteiger partial charge in [-0.3, -0.25) is 4.79 Å². The number of carbonyl (C=O) groups is 1. The summed E-state index contributed by atoms with van der Waals surface area (Å²) in [4.78, 5) is 16.4. The lowest BCUT2D eigenvalue weighted by molar-refractivity contribution is -0.140. The van der Waals surface area contributed by atoms with Crippen LogP contribution >= 0.6 is 0 Å². The summed E-state index contributed by atoms with van der Waals surface area (Å²) in [7, 11) is 3.38. The first kappa shape index (κ1) is 17.6. The number of carbonyl (C=O) groups excluding carboxylic acids is 1. The average molecular weight is 257 g/mol. The van der Waals surface area contributed by atoms with E-state index in [1.807, 2.05) is 0 Å². The Morgan fingerprint density at radius 1 is 0.944 bits per heavy atom. The average Bonchev–Trinajstić information content (AvgIpc) is 2.36. The highest BCUT2D eigenvalue weighted by Crippen LogP contribution is 2.10. The van der Waals surface area contributed by atoms with E-state index in [9.17, 15) is 4.79 Å². The summed E-state index contributed by atoms with van der Waals surface area (Å²) < 4.78 is 0. The largest absolute Gasteiger partial charge is 0.302 e. The van der Waals surface area contributed by atoms with Crippen molar-refractivity contribution in [3.05, 3.63) is 0 Å². The number of hydrogen-bond acceptors (Lipinski definition) is 3. The van der Waals surface area contributed by atoms with Crippen molar-refractivity contribution in [2.24, 2.45) is 0 Å². The molecule has 0 saturated heterocycles. The summed E-state index contributed by atoms with van der Waals surface area (Å²) in [6.07, 6.45) is 12.4. The van der Waals surface area contributed by atoms with Crippen LogP contribution in [0.25, 0.3) is 0 Å². The molecule has 0 N–H and O–H groups in total. The molecule has 0 aliphatic heterocycles. The Morgan fingerprint density at radius 3 is 1.94 bits per heavy atom. The zero-order chi connectivity index (χ0) is 13.6. The maximum absolute atomic E-state index is 11.5. The lowest BCUT2D eigenvalue weighted by Crippen LogP contribution is -2.24. The number of unbranched alkanes of at least 4 members (excludes halogenated alkanes) is 8. The highest BCUT2D eigenvalue weighted by molar-refractivity contribution is 5.80. The molecule has 0 spiro atoms. The summed E-state index contributed by atoms with van der Waals surface area (Å²) in [5.74, 6) is 0.280. The molecular weight excluding hydrogens is 226 g/mol. The smallest absolute Gasteiger partial charge is 0.149 e. The number of nitrogens with zero attached hydrogens (tertiary/aromatic N) is 1. The lowest BCUT2D eigenvalue weighted by Gasteiger charge is -2.11. The van der Waals surface area contributed by atoms with Crippen molar-refractivity contribution in [1.29, 1.82) is 0 Å². The molecule has 0 aromatic rings. The third-order valence-corrected chi connectivity index (χ3v) is 3.27. The SMILES string of the molecule is CCCCCCCCCCCC(=O)CN(C)OC. The molecule has 0 atom stereocenters. The summed E-state index contributed by atoms with van der Waals surface area (Å²) in [6.45, 7) is 2.66. The summed E-state index contributed by atoms with van der Waals surface area (Å²) in [5, 5.41) is 1.58. The van der Waals surface area contributed by atoms with Gasteiger partial charge in [0.25, 0.3) is 0 Å².